The first-order chi connectivity index (χ1) is 11.7. The number of hydrogen-bond acceptors (Lipinski definition) is 5. The first-order valence-corrected chi connectivity index (χ1v) is 8.21. The maximum atomic E-state index is 12.7. The highest BCUT2D eigenvalue weighted by molar-refractivity contribution is 7.13. The monoisotopic (exact) mass is 335 g/mol. The average molecular weight is 335 g/mol. The molecule has 0 saturated carbocycles. The first kappa shape index (κ1) is 14.5. The van der Waals surface area contributed by atoms with Gasteiger partial charge in [0.15, 0.2) is 5.65 Å². The Morgan fingerprint density at radius 2 is 2.12 bits per heavy atom. The SMILES string of the molecule is Cc1nn2cccnc2c1C(=O)Nc1cccc(-c2nccs2)c1. The summed E-state index contributed by atoms with van der Waals surface area (Å²) in [6.07, 6.45) is 5.19. The van der Waals surface area contributed by atoms with Gasteiger partial charge in [0.05, 0.1) is 5.69 Å². The van der Waals surface area contributed by atoms with Crippen molar-refractivity contribution in [3.63, 3.8) is 0 Å². The van der Waals surface area contributed by atoms with Crippen molar-refractivity contribution in [3.8, 4) is 10.6 Å². The van der Waals surface area contributed by atoms with Crippen molar-refractivity contribution >= 4 is 28.6 Å². The highest BCUT2D eigenvalue weighted by Crippen LogP contribution is 2.25. The van der Waals surface area contributed by atoms with Crippen LogP contribution in [0.15, 0.2) is 54.3 Å². The number of nitrogens with one attached hydrogen (secondary N) is 1. The Labute approximate surface area is 141 Å². The number of benzene rings is 1. The third kappa shape index (κ3) is 2.55. The molecule has 0 aliphatic heterocycles. The zero-order chi connectivity index (χ0) is 16.5. The molecule has 1 aromatic carbocycles. The van der Waals surface area contributed by atoms with Crippen LogP contribution in [0.4, 0.5) is 5.69 Å². The van der Waals surface area contributed by atoms with E-state index >= 15 is 0 Å². The molecule has 0 aliphatic rings. The minimum Gasteiger partial charge on any atom is -0.322 e. The van der Waals surface area contributed by atoms with Crippen LogP contribution in [-0.2, 0) is 0 Å². The average Bonchev–Trinajstić information content (AvgIpc) is 3.21. The number of amides is 1. The summed E-state index contributed by atoms with van der Waals surface area (Å²) < 4.78 is 1.61. The van der Waals surface area contributed by atoms with Gasteiger partial charge in [0.1, 0.15) is 10.6 Å². The molecule has 4 rings (SSSR count). The standard InChI is InChI=1S/C17H13N5OS/c1-11-14(15-18-6-3-8-22(15)21-11)16(23)20-13-5-2-4-12(10-13)17-19-7-9-24-17/h2-10H,1H3,(H,20,23). The summed E-state index contributed by atoms with van der Waals surface area (Å²) in [5.74, 6) is -0.225. The maximum Gasteiger partial charge on any atom is 0.261 e. The summed E-state index contributed by atoms with van der Waals surface area (Å²) in [6, 6.07) is 9.40. The number of aromatic nitrogens is 4. The zero-order valence-electron chi connectivity index (χ0n) is 12.8. The van der Waals surface area contributed by atoms with Crippen LogP contribution in [0.1, 0.15) is 16.1 Å². The predicted octanol–water partition coefficient (Wildman–Crippen LogP) is 3.41. The molecule has 118 valence electrons. The Balaban J connectivity index is 1.67. The lowest BCUT2D eigenvalue weighted by Crippen LogP contribution is -2.13. The van der Waals surface area contributed by atoms with Crippen LogP contribution in [0.25, 0.3) is 16.2 Å². The molecule has 24 heavy (non-hydrogen) atoms. The maximum absolute atomic E-state index is 12.7. The van der Waals surface area contributed by atoms with E-state index in [0.29, 0.717) is 22.6 Å². The number of anilines is 1. The van der Waals surface area contributed by atoms with E-state index < -0.39 is 0 Å². The zero-order valence-corrected chi connectivity index (χ0v) is 13.6. The molecular weight excluding hydrogens is 322 g/mol. The topological polar surface area (TPSA) is 72.2 Å². The summed E-state index contributed by atoms with van der Waals surface area (Å²) in [5.41, 5.74) is 3.35. The minimum absolute atomic E-state index is 0.225. The molecule has 0 saturated heterocycles. The Bertz CT molecular complexity index is 1020. The number of fused-ring (bicyclic) bond motifs is 1. The molecule has 0 unspecified atom stereocenters. The molecule has 6 nitrogen and oxygen atoms in total. The predicted molar refractivity (Wildman–Crippen MR) is 93.2 cm³/mol. The molecule has 0 fully saturated rings. The lowest BCUT2D eigenvalue weighted by atomic mass is 10.2. The summed E-state index contributed by atoms with van der Waals surface area (Å²) in [7, 11) is 0. The van der Waals surface area contributed by atoms with Gasteiger partial charge in [-0.05, 0) is 25.1 Å². The number of thiazole rings is 1. The van der Waals surface area contributed by atoms with Gasteiger partial charge in [0.2, 0.25) is 0 Å². The highest BCUT2D eigenvalue weighted by atomic mass is 32.1. The van der Waals surface area contributed by atoms with Gasteiger partial charge in [-0.1, -0.05) is 12.1 Å². The molecule has 4 aromatic rings. The molecule has 1 amide bonds. The van der Waals surface area contributed by atoms with Crippen molar-refractivity contribution in [3.05, 3.63) is 65.6 Å². The first-order valence-electron chi connectivity index (χ1n) is 7.33. The van der Waals surface area contributed by atoms with Crippen LogP contribution in [0, 0.1) is 6.92 Å². The largest absolute Gasteiger partial charge is 0.322 e. The third-order valence-corrected chi connectivity index (χ3v) is 4.42. The molecular formula is C17H13N5OS. The molecule has 0 aliphatic carbocycles. The van der Waals surface area contributed by atoms with Gasteiger partial charge in [-0.25, -0.2) is 14.5 Å². The van der Waals surface area contributed by atoms with Crippen molar-refractivity contribution in [1.29, 1.82) is 0 Å². The number of hydrogen-bond donors (Lipinski definition) is 1. The quantitative estimate of drug-likeness (QED) is 0.623. The molecule has 0 radical (unpaired) electrons. The number of aryl methyl sites for hydroxylation is 1. The summed E-state index contributed by atoms with van der Waals surface area (Å²) >= 11 is 1.56. The number of rotatable bonds is 3. The van der Waals surface area contributed by atoms with Gasteiger partial charge < -0.3 is 5.32 Å². The normalized spacial score (nSPS) is 10.9. The van der Waals surface area contributed by atoms with Crippen molar-refractivity contribution < 1.29 is 4.79 Å². The van der Waals surface area contributed by atoms with Gasteiger partial charge in [-0.2, -0.15) is 5.10 Å². The highest BCUT2D eigenvalue weighted by Gasteiger charge is 2.18. The minimum atomic E-state index is -0.225. The fourth-order valence-electron chi connectivity index (χ4n) is 2.55. The third-order valence-electron chi connectivity index (χ3n) is 3.60. The van der Waals surface area contributed by atoms with Gasteiger partial charge >= 0.3 is 0 Å². The van der Waals surface area contributed by atoms with Crippen molar-refractivity contribution in [2.45, 2.75) is 6.92 Å². The molecule has 0 spiro atoms. The molecule has 0 bridgehead atoms. The van der Waals surface area contributed by atoms with Gasteiger partial charge in [-0.15, -0.1) is 11.3 Å². The van der Waals surface area contributed by atoms with E-state index in [0.717, 1.165) is 10.6 Å². The second-order valence-electron chi connectivity index (χ2n) is 5.22. The van der Waals surface area contributed by atoms with Crippen LogP contribution in [-0.4, -0.2) is 25.5 Å². The second kappa shape index (κ2) is 5.86. The lowest BCUT2D eigenvalue weighted by Gasteiger charge is -2.06. The fourth-order valence-corrected chi connectivity index (χ4v) is 3.19. The Morgan fingerprint density at radius 3 is 2.96 bits per heavy atom. The number of carbonyl (C=O) groups is 1. The lowest BCUT2D eigenvalue weighted by molar-refractivity contribution is 0.102. The Hall–Kier alpha value is -3.06. The van der Waals surface area contributed by atoms with Gasteiger partial charge in [-0.3, -0.25) is 4.79 Å². The summed E-state index contributed by atoms with van der Waals surface area (Å²) in [6.45, 7) is 1.80. The Morgan fingerprint density at radius 1 is 1.21 bits per heavy atom. The smallest absolute Gasteiger partial charge is 0.261 e. The van der Waals surface area contributed by atoms with E-state index in [-0.39, 0.29) is 5.91 Å². The van der Waals surface area contributed by atoms with Crippen LogP contribution in [0.5, 0.6) is 0 Å². The number of carbonyl (C=O) groups excluding carboxylic acids is 1. The van der Waals surface area contributed by atoms with Crippen molar-refractivity contribution in [2.75, 3.05) is 5.32 Å². The summed E-state index contributed by atoms with van der Waals surface area (Å²) in [4.78, 5) is 21.2. The van der Waals surface area contributed by atoms with E-state index in [2.05, 4.69) is 20.4 Å². The molecule has 7 heteroatoms. The van der Waals surface area contributed by atoms with Crippen molar-refractivity contribution in [2.24, 2.45) is 0 Å². The van der Waals surface area contributed by atoms with Crippen LogP contribution < -0.4 is 5.32 Å². The van der Waals surface area contributed by atoms with Crippen molar-refractivity contribution in [1.82, 2.24) is 19.6 Å². The van der Waals surface area contributed by atoms with Crippen LogP contribution in [0.2, 0.25) is 0 Å². The molecule has 1 N–H and O–H groups in total. The van der Waals surface area contributed by atoms with Crippen LogP contribution in [0.3, 0.4) is 0 Å². The Kier molecular flexibility index (Phi) is 3.55. The molecule has 3 heterocycles. The molecule has 3 aromatic heterocycles. The van der Waals surface area contributed by atoms with E-state index in [1.54, 1.807) is 47.4 Å². The van der Waals surface area contributed by atoms with E-state index in [1.807, 2.05) is 29.6 Å². The molecule has 0 atom stereocenters. The van der Waals surface area contributed by atoms with Gasteiger partial charge in [0, 0.05) is 35.2 Å². The number of nitrogens with zero attached hydrogens (tertiary/aromatic N) is 4. The van der Waals surface area contributed by atoms with E-state index in [1.165, 1.54) is 0 Å². The van der Waals surface area contributed by atoms with Crippen LogP contribution >= 0.6 is 11.3 Å². The summed E-state index contributed by atoms with van der Waals surface area (Å²) in [5, 5.41) is 10.1. The second-order valence-corrected chi connectivity index (χ2v) is 6.12. The van der Waals surface area contributed by atoms with E-state index in [4.69, 9.17) is 0 Å². The fraction of sp³-hybridized carbons (Fsp3) is 0.0588. The van der Waals surface area contributed by atoms with Gasteiger partial charge in [0.25, 0.3) is 5.91 Å². The van der Waals surface area contributed by atoms with E-state index in [9.17, 15) is 4.79 Å².